The van der Waals surface area contributed by atoms with Crippen molar-refractivity contribution in [3.05, 3.63) is 65.7 Å². The summed E-state index contributed by atoms with van der Waals surface area (Å²) in [7, 11) is 0. The van der Waals surface area contributed by atoms with Crippen molar-refractivity contribution < 1.29 is 14.6 Å². The first-order valence-electron chi connectivity index (χ1n) is 6.62. The third-order valence-corrected chi connectivity index (χ3v) is 3.11. The fourth-order valence-corrected chi connectivity index (χ4v) is 1.97. The van der Waals surface area contributed by atoms with Crippen molar-refractivity contribution in [1.82, 2.24) is 0 Å². The predicted molar refractivity (Wildman–Crippen MR) is 78.0 cm³/mol. The Morgan fingerprint density at radius 3 is 2.25 bits per heavy atom. The molecule has 0 unspecified atom stereocenters. The van der Waals surface area contributed by atoms with Crippen LogP contribution in [0.5, 0.6) is 5.75 Å². The van der Waals surface area contributed by atoms with Gasteiger partial charge in [0.1, 0.15) is 5.75 Å². The van der Waals surface area contributed by atoms with Crippen LogP contribution in [0.4, 0.5) is 0 Å². The van der Waals surface area contributed by atoms with Crippen LogP contribution in [0.15, 0.2) is 54.6 Å². The van der Waals surface area contributed by atoms with Crippen LogP contribution in [0.25, 0.3) is 0 Å². The first-order chi connectivity index (χ1) is 9.58. The fraction of sp³-hybridized carbons (Fsp3) is 0.235. The molecule has 2 aromatic rings. The standard InChI is InChI=1S/C17H18O3/c1-12(2)14-9-6-10-15(11-14)20-16(17(18)19)13-7-4-3-5-8-13/h3-12,16H,1-2H3,(H,18,19)/t16-/m1/s1. The van der Waals surface area contributed by atoms with E-state index in [1.54, 1.807) is 30.3 Å². The monoisotopic (exact) mass is 270 g/mol. The van der Waals surface area contributed by atoms with Gasteiger partial charge in [-0.2, -0.15) is 0 Å². The van der Waals surface area contributed by atoms with Crippen LogP contribution < -0.4 is 4.74 Å². The SMILES string of the molecule is CC(C)c1cccc(O[C@@H](C(=O)O)c2ccccc2)c1. The second kappa shape index (κ2) is 6.24. The Labute approximate surface area is 118 Å². The minimum atomic E-state index is -0.994. The number of carboxylic acid groups (broad SMARTS) is 1. The average Bonchev–Trinajstić information content (AvgIpc) is 2.45. The van der Waals surface area contributed by atoms with Gasteiger partial charge in [-0.3, -0.25) is 0 Å². The summed E-state index contributed by atoms with van der Waals surface area (Å²) in [6.07, 6.45) is -0.987. The second-order valence-electron chi connectivity index (χ2n) is 4.97. The number of ether oxygens (including phenoxy) is 1. The highest BCUT2D eigenvalue weighted by Crippen LogP contribution is 2.25. The Hall–Kier alpha value is -2.29. The summed E-state index contributed by atoms with van der Waals surface area (Å²) in [5, 5.41) is 9.34. The van der Waals surface area contributed by atoms with Gasteiger partial charge in [-0.25, -0.2) is 4.79 Å². The molecule has 0 saturated carbocycles. The largest absolute Gasteiger partial charge is 0.478 e. The summed E-state index contributed by atoms with van der Waals surface area (Å²) in [5.41, 5.74) is 1.76. The van der Waals surface area contributed by atoms with Crippen molar-refractivity contribution in [1.29, 1.82) is 0 Å². The van der Waals surface area contributed by atoms with E-state index in [2.05, 4.69) is 13.8 Å². The maximum atomic E-state index is 11.4. The van der Waals surface area contributed by atoms with E-state index >= 15 is 0 Å². The Morgan fingerprint density at radius 1 is 1.00 bits per heavy atom. The Bertz CT molecular complexity index is 576. The molecule has 0 aromatic heterocycles. The maximum absolute atomic E-state index is 11.4. The van der Waals surface area contributed by atoms with Gasteiger partial charge in [-0.05, 0) is 23.6 Å². The maximum Gasteiger partial charge on any atom is 0.349 e. The summed E-state index contributed by atoms with van der Waals surface area (Å²) >= 11 is 0. The van der Waals surface area contributed by atoms with Gasteiger partial charge in [-0.15, -0.1) is 0 Å². The van der Waals surface area contributed by atoms with E-state index in [-0.39, 0.29) is 0 Å². The van der Waals surface area contributed by atoms with Crippen molar-refractivity contribution in [2.45, 2.75) is 25.9 Å². The first-order valence-corrected chi connectivity index (χ1v) is 6.62. The van der Waals surface area contributed by atoms with Crippen LogP contribution in [-0.2, 0) is 4.79 Å². The number of benzene rings is 2. The lowest BCUT2D eigenvalue weighted by molar-refractivity contribution is -0.145. The molecule has 0 aliphatic heterocycles. The fourth-order valence-electron chi connectivity index (χ4n) is 1.97. The van der Waals surface area contributed by atoms with Crippen LogP contribution in [0.1, 0.15) is 37.0 Å². The van der Waals surface area contributed by atoms with Crippen molar-refractivity contribution in [3.63, 3.8) is 0 Å². The molecule has 1 atom stereocenters. The van der Waals surface area contributed by atoms with Crippen LogP contribution in [-0.4, -0.2) is 11.1 Å². The molecule has 0 bridgehead atoms. The molecule has 1 N–H and O–H groups in total. The number of rotatable bonds is 5. The van der Waals surface area contributed by atoms with Gasteiger partial charge in [0.15, 0.2) is 0 Å². The smallest absolute Gasteiger partial charge is 0.349 e. The van der Waals surface area contributed by atoms with Gasteiger partial charge >= 0.3 is 5.97 Å². The van der Waals surface area contributed by atoms with Crippen molar-refractivity contribution >= 4 is 5.97 Å². The quantitative estimate of drug-likeness (QED) is 0.892. The van der Waals surface area contributed by atoms with E-state index in [0.29, 0.717) is 17.2 Å². The van der Waals surface area contributed by atoms with E-state index in [9.17, 15) is 9.90 Å². The lowest BCUT2D eigenvalue weighted by Gasteiger charge is -2.16. The van der Waals surface area contributed by atoms with E-state index in [1.807, 2.05) is 24.3 Å². The topological polar surface area (TPSA) is 46.5 Å². The third kappa shape index (κ3) is 3.38. The zero-order chi connectivity index (χ0) is 14.5. The number of hydrogen-bond acceptors (Lipinski definition) is 2. The third-order valence-electron chi connectivity index (χ3n) is 3.11. The molecule has 0 aliphatic carbocycles. The lowest BCUT2D eigenvalue weighted by atomic mass is 10.0. The average molecular weight is 270 g/mol. The molecule has 3 heteroatoms. The minimum Gasteiger partial charge on any atom is -0.478 e. The van der Waals surface area contributed by atoms with Crippen LogP contribution >= 0.6 is 0 Å². The van der Waals surface area contributed by atoms with Gasteiger partial charge < -0.3 is 9.84 Å². The summed E-state index contributed by atoms with van der Waals surface area (Å²) in [6.45, 7) is 4.18. The molecule has 0 heterocycles. The number of carboxylic acids is 1. The molecular formula is C17H18O3. The van der Waals surface area contributed by atoms with E-state index in [4.69, 9.17) is 4.74 Å². The van der Waals surface area contributed by atoms with Gasteiger partial charge in [0.05, 0.1) is 0 Å². The molecule has 0 radical (unpaired) electrons. The van der Waals surface area contributed by atoms with E-state index < -0.39 is 12.1 Å². The molecule has 104 valence electrons. The van der Waals surface area contributed by atoms with Crippen LogP contribution in [0, 0.1) is 0 Å². The zero-order valence-corrected chi connectivity index (χ0v) is 11.6. The zero-order valence-electron chi connectivity index (χ0n) is 11.6. The number of aliphatic carboxylic acids is 1. The Balaban J connectivity index is 2.25. The molecule has 2 aromatic carbocycles. The number of hydrogen-bond donors (Lipinski definition) is 1. The van der Waals surface area contributed by atoms with Gasteiger partial charge in [0, 0.05) is 5.56 Å². The number of carbonyl (C=O) groups is 1. The molecular weight excluding hydrogens is 252 g/mol. The Morgan fingerprint density at radius 2 is 1.65 bits per heavy atom. The van der Waals surface area contributed by atoms with Gasteiger partial charge in [-0.1, -0.05) is 56.3 Å². The minimum absolute atomic E-state index is 0.374. The normalized spacial score (nSPS) is 12.2. The molecule has 0 saturated heterocycles. The summed E-state index contributed by atoms with van der Waals surface area (Å²) in [5.74, 6) is -0.0443. The highest BCUT2D eigenvalue weighted by atomic mass is 16.5. The summed E-state index contributed by atoms with van der Waals surface area (Å²) < 4.78 is 5.65. The van der Waals surface area contributed by atoms with Gasteiger partial charge in [0.2, 0.25) is 6.10 Å². The molecule has 3 nitrogen and oxygen atoms in total. The van der Waals surface area contributed by atoms with Crippen molar-refractivity contribution in [2.24, 2.45) is 0 Å². The molecule has 20 heavy (non-hydrogen) atoms. The van der Waals surface area contributed by atoms with Crippen molar-refractivity contribution in [2.75, 3.05) is 0 Å². The molecule has 0 aliphatic rings. The predicted octanol–water partition coefficient (Wildman–Crippen LogP) is 4.01. The second-order valence-corrected chi connectivity index (χ2v) is 4.97. The highest BCUT2D eigenvalue weighted by molar-refractivity contribution is 5.74. The van der Waals surface area contributed by atoms with E-state index in [0.717, 1.165) is 5.56 Å². The molecule has 0 spiro atoms. The molecule has 2 rings (SSSR count). The molecule has 0 amide bonds. The molecule has 0 fully saturated rings. The highest BCUT2D eigenvalue weighted by Gasteiger charge is 2.21. The van der Waals surface area contributed by atoms with Gasteiger partial charge in [0.25, 0.3) is 0 Å². The van der Waals surface area contributed by atoms with Crippen LogP contribution in [0.3, 0.4) is 0 Å². The lowest BCUT2D eigenvalue weighted by Crippen LogP contribution is -2.18. The van der Waals surface area contributed by atoms with E-state index in [1.165, 1.54) is 0 Å². The summed E-state index contributed by atoms with van der Waals surface area (Å²) in [6, 6.07) is 16.5. The Kier molecular flexibility index (Phi) is 4.41. The summed E-state index contributed by atoms with van der Waals surface area (Å²) in [4.78, 5) is 11.4. The van der Waals surface area contributed by atoms with Crippen LogP contribution in [0.2, 0.25) is 0 Å². The van der Waals surface area contributed by atoms with Crippen molar-refractivity contribution in [3.8, 4) is 5.75 Å². The first kappa shape index (κ1) is 14.1.